The molecule has 44 heavy (non-hydrogen) atoms. The lowest BCUT2D eigenvalue weighted by Gasteiger charge is -2.26. The number of methoxy groups -OCH3 is 1. The third-order valence-electron chi connectivity index (χ3n) is 6.94. The molecule has 0 fully saturated rings. The summed E-state index contributed by atoms with van der Waals surface area (Å²) >= 11 is 11.2. The van der Waals surface area contributed by atoms with Crippen LogP contribution < -0.4 is 29.1 Å². The predicted molar refractivity (Wildman–Crippen MR) is 174 cm³/mol. The van der Waals surface area contributed by atoms with Crippen LogP contribution in [0.15, 0.2) is 86.2 Å². The molecule has 0 N–H and O–H groups in total. The van der Waals surface area contributed by atoms with Crippen molar-refractivity contribution in [3.63, 3.8) is 0 Å². The van der Waals surface area contributed by atoms with Gasteiger partial charge >= 0.3 is 5.97 Å². The number of esters is 1. The second kappa shape index (κ2) is 13.8. The highest BCUT2D eigenvalue weighted by Gasteiger charge is 2.35. The number of nitrogens with zero attached hydrogens (tertiary/aromatic N) is 2. The van der Waals surface area contributed by atoms with Crippen molar-refractivity contribution in [2.75, 3.05) is 20.3 Å². The van der Waals surface area contributed by atoms with E-state index in [2.05, 4.69) is 20.9 Å². The van der Waals surface area contributed by atoms with Gasteiger partial charge in [-0.2, -0.15) is 0 Å². The molecule has 0 aliphatic carbocycles. The summed E-state index contributed by atoms with van der Waals surface area (Å²) in [5.41, 5.74) is 2.60. The summed E-state index contributed by atoms with van der Waals surface area (Å²) in [6, 6.07) is 17.7. The Bertz CT molecular complexity index is 1930. The Labute approximate surface area is 272 Å². The Morgan fingerprint density at radius 3 is 2.52 bits per heavy atom. The Kier molecular flexibility index (Phi) is 9.93. The molecule has 0 saturated heterocycles. The summed E-state index contributed by atoms with van der Waals surface area (Å²) in [7, 11) is 1.54. The van der Waals surface area contributed by atoms with Crippen molar-refractivity contribution in [1.29, 1.82) is 0 Å². The smallest absolute Gasteiger partial charge is 0.338 e. The van der Waals surface area contributed by atoms with E-state index < -0.39 is 12.0 Å². The first-order valence-corrected chi connectivity index (χ1v) is 15.9. The quantitative estimate of drug-likeness (QED) is 0.184. The summed E-state index contributed by atoms with van der Waals surface area (Å²) in [6.07, 6.45) is 1.78. The summed E-state index contributed by atoms with van der Waals surface area (Å²) in [4.78, 5) is 32.7. The van der Waals surface area contributed by atoms with Crippen LogP contribution in [0.2, 0.25) is 5.02 Å². The lowest BCUT2D eigenvalue weighted by atomic mass is 9.95. The van der Waals surface area contributed by atoms with Gasteiger partial charge in [-0.1, -0.05) is 75.3 Å². The van der Waals surface area contributed by atoms with E-state index >= 15 is 0 Å². The number of hydrogen-bond acceptors (Lipinski definition) is 8. The number of para-hydroxylation sites is 1. The van der Waals surface area contributed by atoms with Gasteiger partial charge in [0.2, 0.25) is 0 Å². The maximum Gasteiger partial charge on any atom is 0.338 e. The molecule has 3 aromatic carbocycles. The Morgan fingerprint density at radius 1 is 1.05 bits per heavy atom. The molecule has 0 unspecified atom stereocenters. The number of carbonyl (C=O) groups excluding carboxylic acids is 1. The number of halogens is 2. The van der Waals surface area contributed by atoms with Crippen molar-refractivity contribution >= 4 is 50.9 Å². The number of fused-ring (bicyclic) bond motifs is 1. The van der Waals surface area contributed by atoms with Gasteiger partial charge in [0.1, 0.15) is 12.4 Å². The van der Waals surface area contributed by atoms with E-state index in [0.29, 0.717) is 59.5 Å². The first kappa shape index (κ1) is 31.6. The van der Waals surface area contributed by atoms with E-state index in [1.54, 1.807) is 39.2 Å². The average Bonchev–Trinajstić information content (AvgIpc) is 3.31. The first-order valence-electron chi connectivity index (χ1n) is 13.9. The fraction of sp³-hybridized carbons (Fsp3) is 0.242. The van der Waals surface area contributed by atoms with Crippen LogP contribution in [0.4, 0.5) is 0 Å². The van der Waals surface area contributed by atoms with Gasteiger partial charge in [-0.3, -0.25) is 9.36 Å². The summed E-state index contributed by atoms with van der Waals surface area (Å²) < 4.78 is 25.5. The van der Waals surface area contributed by atoms with Crippen LogP contribution in [0.3, 0.4) is 0 Å². The van der Waals surface area contributed by atoms with Crippen LogP contribution in [0.1, 0.15) is 43.5 Å². The van der Waals surface area contributed by atoms with Crippen LogP contribution >= 0.6 is 38.9 Å². The second-order valence-electron chi connectivity index (χ2n) is 9.68. The van der Waals surface area contributed by atoms with Crippen LogP contribution in [0, 0.1) is 0 Å². The number of benzene rings is 3. The summed E-state index contributed by atoms with van der Waals surface area (Å²) in [5.74, 6) is 1.04. The SMILES string of the molecule is CCOC(=O)C1=C(C)N=c2s/c(=C/c3ccccc3OCc3ccccc3Cl)c(=O)n2[C@H]1c1cc(OC)c(OCC)cc1Br. The summed E-state index contributed by atoms with van der Waals surface area (Å²) in [5, 5.41) is 0.614. The zero-order valence-corrected chi connectivity index (χ0v) is 27.7. The minimum absolute atomic E-state index is 0.172. The summed E-state index contributed by atoms with van der Waals surface area (Å²) in [6.45, 7) is 6.23. The molecule has 228 valence electrons. The van der Waals surface area contributed by atoms with Crippen LogP contribution in [-0.2, 0) is 16.1 Å². The van der Waals surface area contributed by atoms with Gasteiger partial charge in [0.15, 0.2) is 16.3 Å². The lowest BCUT2D eigenvalue weighted by Crippen LogP contribution is -2.40. The van der Waals surface area contributed by atoms with E-state index in [1.165, 1.54) is 15.9 Å². The first-order chi connectivity index (χ1) is 21.3. The standard InChI is InChI=1S/C33H30BrClN2O6S/c1-5-41-27-17-23(34)22(16-26(27)40-4)30-29(32(39)42-6-2)19(3)36-33-37(30)31(38)28(44-33)15-20-11-8-10-14-25(20)43-18-21-12-7-9-13-24(21)35/h7-17,30H,5-6,18H2,1-4H3/b28-15+/t30-/m0/s1. The molecule has 5 rings (SSSR count). The molecule has 11 heteroatoms. The highest BCUT2D eigenvalue weighted by atomic mass is 79.9. The minimum atomic E-state index is -0.835. The highest BCUT2D eigenvalue weighted by molar-refractivity contribution is 9.10. The highest BCUT2D eigenvalue weighted by Crippen LogP contribution is 2.41. The van der Waals surface area contributed by atoms with Gasteiger partial charge in [-0.15, -0.1) is 0 Å². The van der Waals surface area contributed by atoms with Gasteiger partial charge in [0.25, 0.3) is 5.56 Å². The normalized spacial score (nSPS) is 14.6. The maximum absolute atomic E-state index is 14.2. The second-order valence-corrected chi connectivity index (χ2v) is 11.9. The van der Waals surface area contributed by atoms with E-state index in [1.807, 2.05) is 55.5 Å². The monoisotopic (exact) mass is 696 g/mol. The molecular weight excluding hydrogens is 668 g/mol. The van der Waals surface area contributed by atoms with E-state index in [9.17, 15) is 9.59 Å². The van der Waals surface area contributed by atoms with E-state index in [4.69, 9.17) is 30.5 Å². The Balaban J connectivity index is 1.65. The van der Waals surface area contributed by atoms with Crippen LogP contribution in [0.5, 0.6) is 17.2 Å². The fourth-order valence-electron chi connectivity index (χ4n) is 4.92. The molecule has 1 aliphatic rings. The van der Waals surface area contributed by atoms with Gasteiger partial charge in [-0.25, -0.2) is 9.79 Å². The number of hydrogen-bond donors (Lipinski definition) is 0. The molecule has 0 saturated carbocycles. The molecule has 1 aromatic heterocycles. The van der Waals surface area contributed by atoms with Crippen molar-refractivity contribution in [3.8, 4) is 17.2 Å². The molecule has 0 bridgehead atoms. The molecule has 0 amide bonds. The van der Waals surface area contributed by atoms with Gasteiger partial charge in [0, 0.05) is 20.6 Å². The lowest BCUT2D eigenvalue weighted by molar-refractivity contribution is -0.139. The molecule has 0 spiro atoms. The predicted octanol–water partition coefficient (Wildman–Crippen LogP) is 6.20. The number of carbonyl (C=O) groups is 1. The number of aromatic nitrogens is 1. The third-order valence-corrected chi connectivity index (χ3v) is 8.98. The zero-order chi connectivity index (χ0) is 31.4. The third kappa shape index (κ3) is 6.33. The zero-order valence-electron chi connectivity index (χ0n) is 24.6. The molecule has 1 atom stereocenters. The van der Waals surface area contributed by atoms with Crippen molar-refractivity contribution < 1.29 is 23.7 Å². The molecule has 1 aliphatic heterocycles. The van der Waals surface area contributed by atoms with E-state index in [-0.39, 0.29) is 24.3 Å². The topological polar surface area (TPSA) is 88.4 Å². The van der Waals surface area contributed by atoms with Gasteiger partial charge < -0.3 is 18.9 Å². The van der Waals surface area contributed by atoms with Crippen molar-refractivity contribution in [2.24, 2.45) is 4.99 Å². The van der Waals surface area contributed by atoms with Crippen molar-refractivity contribution in [2.45, 2.75) is 33.4 Å². The molecule has 2 heterocycles. The maximum atomic E-state index is 14.2. The number of ether oxygens (including phenoxy) is 4. The Morgan fingerprint density at radius 2 is 1.80 bits per heavy atom. The van der Waals surface area contributed by atoms with Crippen molar-refractivity contribution in [1.82, 2.24) is 4.57 Å². The molecular formula is C33H30BrClN2O6S. The van der Waals surface area contributed by atoms with E-state index in [0.717, 1.165) is 5.56 Å². The van der Waals surface area contributed by atoms with Gasteiger partial charge in [-0.05, 0) is 56.7 Å². The molecule has 0 radical (unpaired) electrons. The number of allylic oxidation sites excluding steroid dienone is 1. The van der Waals surface area contributed by atoms with Crippen LogP contribution in [-0.4, -0.2) is 30.9 Å². The fourth-order valence-corrected chi connectivity index (χ4v) is 6.68. The largest absolute Gasteiger partial charge is 0.493 e. The number of rotatable bonds is 10. The average molecular weight is 698 g/mol. The minimum Gasteiger partial charge on any atom is -0.493 e. The molecule has 8 nitrogen and oxygen atoms in total. The van der Waals surface area contributed by atoms with Gasteiger partial charge in [0.05, 0.1) is 42.2 Å². The molecule has 4 aromatic rings. The van der Waals surface area contributed by atoms with Crippen molar-refractivity contribution in [3.05, 3.63) is 118 Å². The Hall–Kier alpha value is -3.86. The number of thiazole rings is 1. The van der Waals surface area contributed by atoms with Crippen LogP contribution in [0.25, 0.3) is 6.08 Å².